The molecule has 0 aromatic heterocycles. The number of halogens is 3. The number of amides is 3. The van der Waals surface area contributed by atoms with E-state index in [1.54, 1.807) is 12.2 Å². The van der Waals surface area contributed by atoms with Gasteiger partial charge < -0.3 is 15.5 Å². The lowest BCUT2D eigenvalue weighted by Crippen LogP contribution is -2.45. The highest BCUT2D eigenvalue weighted by Crippen LogP contribution is 2.12. The Morgan fingerprint density at radius 3 is 2.29 bits per heavy atom. The zero-order valence-electron chi connectivity index (χ0n) is 9.89. The normalized spacial score (nSPS) is 12.8. The molecule has 0 saturated carbocycles. The van der Waals surface area contributed by atoms with Crippen molar-refractivity contribution in [2.24, 2.45) is 5.92 Å². The second kappa shape index (κ2) is 6.31. The Morgan fingerprint density at radius 1 is 1.35 bits per heavy atom. The first-order chi connectivity index (χ1) is 7.67. The van der Waals surface area contributed by atoms with Gasteiger partial charge in [-0.15, -0.1) is 0 Å². The summed E-state index contributed by atoms with van der Waals surface area (Å²) in [6.45, 7) is 0.236. The van der Waals surface area contributed by atoms with E-state index in [4.69, 9.17) is 0 Å². The molecule has 0 aliphatic carbocycles. The molecule has 100 valence electrons. The third kappa shape index (κ3) is 6.64. The van der Waals surface area contributed by atoms with E-state index in [9.17, 15) is 22.8 Å². The molecule has 0 radical (unpaired) electrons. The van der Waals surface area contributed by atoms with E-state index < -0.39 is 24.7 Å². The third-order valence-corrected chi connectivity index (χ3v) is 2.03. The summed E-state index contributed by atoms with van der Waals surface area (Å²) in [6.07, 6.45) is -4.44. The molecule has 0 fully saturated rings. The Kier molecular flexibility index (Phi) is 5.77. The molecule has 0 aliphatic rings. The van der Waals surface area contributed by atoms with Gasteiger partial charge in [0.15, 0.2) is 0 Å². The van der Waals surface area contributed by atoms with Crippen LogP contribution in [0.3, 0.4) is 0 Å². The molecule has 0 rings (SSSR count). The molecule has 1 atom stereocenters. The summed E-state index contributed by atoms with van der Waals surface area (Å²) < 4.78 is 35.5. The molecule has 1 unspecified atom stereocenters. The van der Waals surface area contributed by atoms with Gasteiger partial charge in [-0.05, 0) is 0 Å². The van der Waals surface area contributed by atoms with Crippen LogP contribution < -0.4 is 10.6 Å². The van der Waals surface area contributed by atoms with Gasteiger partial charge >= 0.3 is 12.2 Å². The molecule has 0 aromatic carbocycles. The Balaban J connectivity index is 4.10. The smallest absolute Gasteiger partial charge is 0.359 e. The molecule has 0 heterocycles. The molecule has 0 bridgehead atoms. The molecule has 8 heteroatoms. The van der Waals surface area contributed by atoms with Crippen molar-refractivity contribution < 1.29 is 22.8 Å². The fourth-order valence-electron chi connectivity index (χ4n) is 1.13. The SMILES string of the molecule is CNC(=O)C(C)CN(C)C(=O)NCC(F)(F)F. The van der Waals surface area contributed by atoms with Crippen molar-refractivity contribution in [2.45, 2.75) is 13.1 Å². The van der Waals surface area contributed by atoms with Gasteiger partial charge in [0.1, 0.15) is 6.54 Å². The highest BCUT2D eigenvalue weighted by atomic mass is 19.4. The van der Waals surface area contributed by atoms with Crippen molar-refractivity contribution in [3.05, 3.63) is 0 Å². The van der Waals surface area contributed by atoms with Crippen LogP contribution in [-0.2, 0) is 4.79 Å². The van der Waals surface area contributed by atoms with E-state index in [-0.39, 0.29) is 12.5 Å². The summed E-state index contributed by atoms with van der Waals surface area (Å²) in [7, 11) is 2.77. The number of nitrogens with zero attached hydrogens (tertiary/aromatic N) is 1. The Hall–Kier alpha value is -1.47. The van der Waals surface area contributed by atoms with Crippen molar-refractivity contribution in [3.63, 3.8) is 0 Å². The van der Waals surface area contributed by atoms with Crippen LogP contribution in [0.15, 0.2) is 0 Å². The van der Waals surface area contributed by atoms with E-state index in [2.05, 4.69) is 5.32 Å². The minimum Gasteiger partial charge on any atom is -0.359 e. The Labute approximate surface area is 97.3 Å². The molecular weight excluding hydrogens is 239 g/mol. The highest BCUT2D eigenvalue weighted by molar-refractivity contribution is 5.79. The first-order valence-electron chi connectivity index (χ1n) is 4.94. The summed E-state index contributed by atoms with van der Waals surface area (Å²) in [5, 5.41) is 4.10. The summed E-state index contributed by atoms with van der Waals surface area (Å²) in [5.41, 5.74) is 0. The minimum atomic E-state index is -4.44. The lowest BCUT2D eigenvalue weighted by atomic mass is 10.1. The average molecular weight is 255 g/mol. The molecule has 0 saturated heterocycles. The largest absolute Gasteiger partial charge is 0.405 e. The van der Waals surface area contributed by atoms with Crippen LogP contribution >= 0.6 is 0 Å². The van der Waals surface area contributed by atoms with E-state index >= 15 is 0 Å². The van der Waals surface area contributed by atoms with Gasteiger partial charge in [-0.1, -0.05) is 6.92 Å². The van der Waals surface area contributed by atoms with Crippen LogP contribution in [-0.4, -0.2) is 50.2 Å². The molecule has 0 aliphatic heterocycles. The minimum absolute atomic E-state index is 0.0450. The molecular formula is C9H16F3N3O2. The van der Waals surface area contributed by atoms with Gasteiger partial charge in [-0.25, -0.2) is 4.79 Å². The van der Waals surface area contributed by atoms with Gasteiger partial charge in [-0.2, -0.15) is 13.2 Å². The monoisotopic (exact) mass is 255 g/mol. The van der Waals surface area contributed by atoms with Gasteiger partial charge in [-0.3, -0.25) is 4.79 Å². The number of carbonyl (C=O) groups excluding carboxylic acids is 2. The van der Waals surface area contributed by atoms with Crippen LogP contribution in [0.1, 0.15) is 6.92 Å². The van der Waals surface area contributed by atoms with E-state index in [0.717, 1.165) is 4.90 Å². The van der Waals surface area contributed by atoms with Gasteiger partial charge in [0, 0.05) is 20.6 Å². The zero-order chi connectivity index (χ0) is 13.6. The number of hydrogen-bond donors (Lipinski definition) is 2. The third-order valence-electron chi connectivity index (χ3n) is 2.03. The Morgan fingerprint density at radius 2 is 1.88 bits per heavy atom. The quantitative estimate of drug-likeness (QED) is 0.771. The number of hydrogen-bond acceptors (Lipinski definition) is 2. The number of alkyl halides is 3. The van der Waals surface area contributed by atoms with Crippen LogP contribution in [0.2, 0.25) is 0 Å². The summed E-state index contributed by atoms with van der Waals surface area (Å²) in [5.74, 6) is -0.762. The van der Waals surface area contributed by atoms with E-state index in [1.165, 1.54) is 14.1 Å². The van der Waals surface area contributed by atoms with Crippen molar-refractivity contribution in [1.82, 2.24) is 15.5 Å². The number of carbonyl (C=O) groups is 2. The lowest BCUT2D eigenvalue weighted by Gasteiger charge is -2.21. The zero-order valence-corrected chi connectivity index (χ0v) is 9.89. The molecule has 2 N–H and O–H groups in total. The molecule has 0 aromatic rings. The standard InChI is InChI=1S/C9H16F3N3O2/c1-6(7(16)13-2)4-15(3)8(17)14-5-9(10,11)12/h6H,4-5H2,1-3H3,(H,13,16)(H,14,17). The van der Waals surface area contributed by atoms with Crippen LogP contribution in [0.25, 0.3) is 0 Å². The van der Waals surface area contributed by atoms with E-state index in [1.807, 2.05) is 0 Å². The predicted octanol–water partition coefficient (Wildman–Crippen LogP) is 0.572. The Bertz CT molecular complexity index is 281. The predicted molar refractivity (Wildman–Crippen MR) is 55.3 cm³/mol. The summed E-state index contributed by atoms with van der Waals surface area (Å²) in [4.78, 5) is 23.4. The molecule has 3 amide bonds. The fourth-order valence-corrected chi connectivity index (χ4v) is 1.13. The molecule has 5 nitrogen and oxygen atoms in total. The molecule has 0 spiro atoms. The lowest BCUT2D eigenvalue weighted by molar-refractivity contribution is -0.125. The van der Waals surface area contributed by atoms with Gasteiger partial charge in [0.2, 0.25) is 5.91 Å². The fraction of sp³-hybridized carbons (Fsp3) is 0.778. The summed E-state index contributed by atoms with van der Waals surface area (Å²) in [6, 6.07) is -0.863. The second-order valence-electron chi connectivity index (χ2n) is 3.67. The second-order valence-corrected chi connectivity index (χ2v) is 3.67. The number of rotatable bonds is 4. The van der Waals surface area contributed by atoms with Crippen molar-refractivity contribution in [1.29, 1.82) is 0 Å². The average Bonchev–Trinajstić information content (AvgIpc) is 2.23. The van der Waals surface area contributed by atoms with Crippen LogP contribution in [0.5, 0.6) is 0 Å². The maximum absolute atomic E-state index is 11.8. The van der Waals surface area contributed by atoms with Crippen molar-refractivity contribution >= 4 is 11.9 Å². The van der Waals surface area contributed by atoms with Crippen molar-refractivity contribution in [2.75, 3.05) is 27.2 Å². The maximum atomic E-state index is 11.8. The first-order valence-corrected chi connectivity index (χ1v) is 4.94. The highest BCUT2D eigenvalue weighted by Gasteiger charge is 2.28. The first kappa shape index (κ1) is 15.5. The summed E-state index contributed by atoms with van der Waals surface area (Å²) >= 11 is 0. The van der Waals surface area contributed by atoms with Crippen molar-refractivity contribution in [3.8, 4) is 0 Å². The molecule has 17 heavy (non-hydrogen) atoms. The van der Waals surface area contributed by atoms with E-state index in [0.29, 0.717) is 0 Å². The maximum Gasteiger partial charge on any atom is 0.405 e. The number of urea groups is 1. The topological polar surface area (TPSA) is 61.4 Å². The van der Waals surface area contributed by atoms with Crippen LogP contribution in [0.4, 0.5) is 18.0 Å². The van der Waals surface area contributed by atoms with Crippen LogP contribution in [0, 0.1) is 5.92 Å². The van der Waals surface area contributed by atoms with Gasteiger partial charge in [0.05, 0.1) is 5.92 Å². The van der Waals surface area contributed by atoms with Gasteiger partial charge in [0.25, 0.3) is 0 Å². The number of nitrogens with one attached hydrogen (secondary N) is 2.